The van der Waals surface area contributed by atoms with Gasteiger partial charge in [-0.2, -0.15) is 18.2 Å². The van der Waals surface area contributed by atoms with E-state index in [0.29, 0.717) is 48.9 Å². The molecular weight excluding hydrogens is 625 g/mol. The standard InChI is InChI=1S/C35H35F3N6O4/c1-34(2,3)31(46)26-14-21-18-40-33(42-32(21)44(26)22-6-4-5-7-22)41-29-16-25(35(36,37)38)24(19-39-29)20-8-9-23-27(45)17-30(48-28(23)15-20)43-10-12-47-13-11-43/h8-9,14-19,22H,4-7,10-13H2,1-3H3,(H,39,40,41,42). The van der Waals surface area contributed by atoms with Crippen LogP contribution in [-0.2, 0) is 10.9 Å². The summed E-state index contributed by atoms with van der Waals surface area (Å²) in [6, 6.07) is 8.56. The Kier molecular flexibility index (Phi) is 7.97. The first-order chi connectivity index (χ1) is 22.9. The molecule has 0 radical (unpaired) electrons. The van der Waals surface area contributed by atoms with E-state index in [1.54, 1.807) is 12.3 Å². The van der Waals surface area contributed by atoms with Crippen LogP contribution < -0.4 is 15.6 Å². The van der Waals surface area contributed by atoms with Crippen molar-refractivity contribution in [2.24, 2.45) is 5.41 Å². The van der Waals surface area contributed by atoms with Gasteiger partial charge in [0.2, 0.25) is 5.95 Å². The molecule has 0 unspecified atom stereocenters. The number of aromatic nitrogens is 4. The number of halogens is 3. The molecule has 0 bridgehead atoms. The van der Waals surface area contributed by atoms with Crippen LogP contribution in [-0.4, -0.2) is 51.6 Å². The number of morpholine rings is 1. The lowest BCUT2D eigenvalue weighted by atomic mass is 9.88. The van der Waals surface area contributed by atoms with E-state index < -0.39 is 17.2 Å². The summed E-state index contributed by atoms with van der Waals surface area (Å²) in [5.74, 6) is 0.287. The molecule has 7 rings (SSSR count). The monoisotopic (exact) mass is 660 g/mol. The third kappa shape index (κ3) is 6.02. The molecule has 10 nitrogen and oxygen atoms in total. The summed E-state index contributed by atoms with van der Waals surface area (Å²) in [6.45, 7) is 7.63. The molecule has 1 N–H and O–H groups in total. The molecule has 250 valence electrons. The molecule has 13 heteroatoms. The number of ketones is 1. The molecule has 5 heterocycles. The van der Waals surface area contributed by atoms with Crippen LogP contribution in [0.25, 0.3) is 33.1 Å². The SMILES string of the molecule is CC(C)(C)C(=O)c1cc2cnc(Nc3cc(C(F)(F)F)c(-c4ccc5c(=O)cc(N6CCOCC6)oc5c4)cn3)nc2n1C1CCCC1. The Morgan fingerprint density at radius 1 is 0.979 bits per heavy atom. The molecule has 0 spiro atoms. The van der Waals surface area contributed by atoms with E-state index in [-0.39, 0.29) is 51.1 Å². The molecule has 1 aliphatic heterocycles. The first-order valence-electron chi connectivity index (χ1n) is 16.0. The maximum Gasteiger partial charge on any atom is 0.417 e. The van der Waals surface area contributed by atoms with Gasteiger partial charge in [-0.3, -0.25) is 9.59 Å². The van der Waals surface area contributed by atoms with Gasteiger partial charge < -0.3 is 23.9 Å². The van der Waals surface area contributed by atoms with E-state index in [0.717, 1.165) is 37.9 Å². The first kappa shape index (κ1) is 31.8. The molecule has 0 atom stereocenters. The van der Waals surface area contributed by atoms with Gasteiger partial charge in [0, 0.05) is 54.0 Å². The van der Waals surface area contributed by atoms with Gasteiger partial charge in [-0.15, -0.1) is 0 Å². The molecule has 48 heavy (non-hydrogen) atoms. The van der Waals surface area contributed by atoms with E-state index in [2.05, 4.69) is 20.3 Å². The van der Waals surface area contributed by atoms with Crippen LogP contribution in [0.1, 0.15) is 68.5 Å². The number of Topliss-reactive ketones (excluding diaryl/α,β-unsaturated/α-hetero) is 1. The number of nitrogens with one attached hydrogen (secondary N) is 1. The van der Waals surface area contributed by atoms with Crippen molar-refractivity contribution in [1.29, 1.82) is 0 Å². The van der Waals surface area contributed by atoms with Gasteiger partial charge in [0.15, 0.2) is 17.1 Å². The highest BCUT2D eigenvalue weighted by Crippen LogP contribution is 2.40. The van der Waals surface area contributed by atoms with Gasteiger partial charge in [-0.25, -0.2) is 9.97 Å². The Morgan fingerprint density at radius 3 is 2.44 bits per heavy atom. The Balaban J connectivity index is 1.25. The van der Waals surface area contributed by atoms with Gasteiger partial charge in [-0.1, -0.05) is 39.7 Å². The van der Waals surface area contributed by atoms with Crippen molar-refractivity contribution in [3.63, 3.8) is 0 Å². The molecule has 5 aromatic rings. The van der Waals surface area contributed by atoms with Crippen LogP contribution >= 0.6 is 0 Å². The third-order valence-electron chi connectivity index (χ3n) is 8.98. The van der Waals surface area contributed by atoms with Crippen molar-refractivity contribution >= 4 is 45.4 Å². The average Bonchev–Trinajstić information content (AvgIpc) is 3.71. The van der Waals surface area contributed by atoms with E-state index in [1.165, 1.54) is 24.3 Å². The van der Waals surface area contributed by atoms with Crippen molar-refractivity contribution < 1.29 is 27.1 Å². The number of fused-ring (bicyclic) bond motifs is 2. The molecular formula is C35H35F3N6O4. The number of ether oxygens (including phenoxy) is 1. The highest BCUT2D eigenvalue weighted by Gasteiger charge is 2.35. The normalized spacial score (nSPS) is 16.2. The Hall–Kier alpha value is -4.78. The minimum Gasteiger partial charge on any atom is -0.440 e. The summed E-state index contributed by atoms with van der Waals surface area (Å²) in [5.41, 5.74) is -0.530. The first-order valence-corrected chi connectivity index (χ1v) is 16.0. The van der Waals surface area contributed by atoms with E-state index in [9.17, 15) is 22.8 Å². The highest BCUT2D eigenvalue weighted by atomic mass is 19.4. The maximum atomic E-state index is 14.5. The Morgan fingerprint density at radius 2 is 1.73 bits per heavy atom. The molecule has 2 fully saturated rings. The number of hydrogen-bond donors (Lipinski definition) is 1. The highest BCUT2D eigenvalue weighted by molar-refractivity contribution is 6.02. The van der Waals surface area contributed by atoms with E-state index >= 15 is 0 Å². The summed E-state index contributed by atoms with van der Waals surface area (Å²) < 4.78 is 57.0. The van der Waals surface area contributed by atoms with Gasteiger partial charge in [0.1, 0.15) is 17.0 Å². The van der Waals surface area contributed by atoms with Crippen molar-refractivity contribution in [2.45, 2.75) is 58.7 Å². The predicted octanol–water partition coefficient (Wildman–Crippen LogP) is 7.54. The summed E-state index contributed by atoms with van der Waals surface area (Å²) in [4.78, 5) is 41.4. The quantitative estimate of drug-likeness (QED) is 0.184. The second-order valence-corrected chi connectivity index (χ2v) is 13.4. The van der Waals surface area contributed by atoms with Gasteiger partial charge in [-0.05, 0) is 42.7 Å². The number of anilines is 3. The van der Waals surface area contributed by atoms with Crippen LogP contribution in [0.2, 0.25) is 0 Å². The van der Waals surface area contributed by atoms with Crippen LogP contribution in [0.15, 0.2) is 58.0 Å². The number of alkyl halides is 3. The minimum atomic E-state index is -4.73. The number of rotatable bonds is 6. The van der Waals surface area contributed by atoms with Crippen molar-refractivity contribution in [2.75, 3.05) is 36.5 Å². The Labute approximate surface area is 273 Å². The fourth-order valence-corrected chi connectivity index (χ4v) is 6.51. The van der Waals surface area contributed by atoms with Gasteiger partial charge >= 0.3 is 6.18 Å². The van der Waals surface area contributed by atoms with Crippen LogP contribution in [0.4, 0.5) is 30.8 Å². The zero-order valence-corrected chi connectivity index (χ0v) is 26.9. The number of hydrogen-bond acceptors (Lipinski definition) is 9. The Bertz CT molecular complexity index is 2090. The lowest BCUT2D eigenvalue weighted by Gasteiger charge is -2.27. The van der Waals surface area contributed by atoms with Crippen LogP contribution in [0.3, 0.4) is 0 Å². The zero-order valence-electron chi connectivity index (χ0n) is 26.9. The lowest BCUT2D eigenvalue weighted by Crippen LogP contribution is -2.36. The van der Waals surface area contributed by atoms with E-state index in [1.807, 2.05) is 30.2 Å². The molecule has 1 saturated heterocycles. The smallest absolute Gasteiger partial charge is 0.417 e. The summed E-state index contributed by atoms with van der Waals surface area (Å²) in [7, 11) is 0. The summed E-state index contributed by atoms with van der Waals surface area (Å²) in [6.07, 6.45) is 1.87. The molecule has 1 saturated carbocycles. The maximum absolute atomic E-state index is 14.5. The summed E-state index contributed by atoms with van der Waals surface area (Å²) in [5, 5.41) is 3.79. The minimum absolute atomic E-state index is 0.0146. The van der Waals surface area contributed by atoms with E-state index in [4.69, 9.17) is 9.15 Å². The van der Waals surface area contributed by atoms with Crippen LogP contribution in [0, 0.1) is 5.41 Å². The topological polar surface area (TPSA) is 115 Å². The molecule has 1 aliphatic carbocycles. The number of carbonyl (C=O) groups excluding carboxylic acids is 1. The second kappa shape index (κ2) is 12.0. The number of nitrogens with zero attached hydrogens (tertiary/aromatic N) is 5. The number of pyridine rings is 1. The number of carbonyl (C=O) groups is 1. The third-order valence-corrected chi connectivity index (χ3v) is 8.98. The predicted molar refractivity (Wildman–Crippen MR) is 176 cm³/mol. The van der Waals surface area contributed by atoms with Crippen molar-refractivity contribution in [3.05, 3.63) is 70.3 Å². The average molecular weight is 661 g/mol. The largest absolute Gasteiger partial charge is 0.440 e. The molecule has 0 amide bonds. The lowest BCUT2D eigenvalue weighted by molar-refractivity contribution is -0.137. The van der Waals surface area contributed by atoms with Gasteiger partial charge in [0.25, 0.3) is 0 Å². The van der Waals surface area contributed by atoms with Crippen molar-refractivity contribution in [1.82, 2.24) is 19.5 Å². The number of benzene rings is 1. The zero-order chi connectivity index (χ0) is 33.8. The fourth-order valence-electron chi connectivity index (χ4n) is 6.51. The van der Waals surface area contributed by atoms with Crippen molar-refractivity contribution in [3.8, 4) is 11.1 Å². The summed E-state index contributed by atoms with van der Waals surface area (Å²) >= 11 is 0. The molecule has 1 aromatic carbocycles. The van der Waals surface area contributed by atoms with Gasteiger partial charge in [0.05, 0.1) is 29.9 Å². The van der Waals surface area contributed by atoms with Crippen LogP contribution in [0.5, 0.6) is 0 Å². The fraction of sp³-hybridized carbons (Fsp3) is 0.400. The molecule has 2 aliphatic rings. The molecule has 4 aromatic heterocycles. The second-order valence-electron chi connectivity index (χ2n) is 13.4.